The number of aryl methyl sites for hydroxylation is 1. The molecule has 1 fully saturated rings. The molecule has 3 heterocycles. The lowest BCUT2D eigenvalue weighted by Gasteiger charge is -2.26. The third-order valence-electron chi connectivity index (χ3n) is 3.41. The number of hydrogen-bond acceptors (Lipinski definition) is 5. The summed E-state index contributed by atoms with van der Waals surface area (Å²) >= 11 is 1.58. The van der Waals surface area contributed by atoms with Crippen LogP contribution in [-0.2, 0) is 11.2 Å². The largest absolute Gasteiger partial charge is 0.440 e. The van der Waals surface area contributed by atoms with Crippen molar-refractivity contribution in [2.75, 3.05) is 19.6 Å². The Bertz CT molecular complexity index is 588. The zero-order chi connectivity index (χ0) is 13.9. The number of rotatable bonds is 5. The van der Waals surface area contributed by atoms with Crippen molar-refractivity contribution in [2.24, 2.45) is 5.92 Å². The Morgan fingerprint density at radius 3 is 3.10 bits per heavy atom. The summed E-state index contributed by atoms with van der Waals surface area (Å²) in [4.78, 5) is 17.3. The third-order valence-corrected chi connectivity index (χ3v) is 4.26. The molecule has 1 aliphatic heterocycles. The molecule has 0 bridgehead atoms. The van der Waals surface area contributed by atoms with Crippen molar-refractivity contribution in [1.82, 2.24) is 15.6 Å². The van der Waals surface area contributed by atoms with Gasteiger partial charge in [0, 0.05) is 25.6 Å². The van der Waals surface area contributed by atoms with Crippen LogP contribution in [0, 0.1) is 12.8 Å². The van der Waals surface area contributed by atoms with Gasteiger partial charge in [0.1, 0.15) is 5.76 Å². The molecule has 1 aliphatic rings. The van der Waals surface area contributed by atoms with Gasteiger partial charge in [-0.25, -0.2) is 4.98 Å². The van der Waals surface area contributed by atoms with E-state index in [-0.39, 0.29) is 12.3 Å². The molecule has 0 aromatic carbocycles. The van der Waals surface area contributed by atoms with Gasteiger partial charge in [0.15, 0.2) is 0 Å². The van der Waals surface area contributed by atoms with E-state index in [1.54, 1.807) is 11.3 Å². The average Bonchev–Trinajstić information content (AvgIpc) is 2.98. The van der Waals surface area contributed by atoms with Crippen LogP contribution in [0.3, 0.4) is 0 Å². The summed E-state index contributed by atoms with van der Waals surface area (Å²) in [5.74, 6) is 1.89. The Labute approximate surface area is 121 Å². The molecule has 0 spiro atoms. The van der Waals surface area contributed by atoms with Crippen LogP contribution in [0.2, 0.25) is 0 Å². The molecule has 0 atom stereocenters. The molecule has 20 heavy (non-hydrogen) atoms. The molecule has 0 saturated carbocycles. The lowest BCUT2D eigenvalue weighted by atomic mass is 10.0. The molecule has 1 amide bonds. The van der Waals surface area contributed by atoms with Crippen molar-refractivity contribution >= 4 is 17.2 Å². The first-order valence-electron chi connectivity index (χ1n) is 6.70. The van der Waals surface area contributed by atoms with E-state index in [1.165, 1.54) is 0 Å². The van der Waals surface area contributed by atoms with E-state index in [9.17, 15) is 4.79 Å². The van der Waals surface area contributed by atoms with Gasteiger partial charge in [-0.1, -0.05) is 6.07 Å². The van der Waals surface area contributed by atoms with E-state index in [2.05, 4.69) is 15.6 Å². The molecule has 2 aromatic rings. The average molecular weight is 291 g/mol. The SMILES string of the molecule is Cc1oc(-c2cccs2)nc1CC(=O)NCC1CNC1. The molecule has 1 saturated heterocycles. The number of thiophene rings is 1. The number of amides is 1. The van der Waals surface area contributed by atoms with Crippen LogP contribution in [0.1, 0.15) is 11.5 Å². The van der Waals surface area contributed by atoms with Crippen molar-refractivity contribution in [1.29, 1.82) is 0 Å². The normalized spacial score (nSPS) is 15.1. The lowest BCUT2D eigenvalue weighted by molar-refractivity contribution is -0.120. The monoisotopic (exact) mass is 291 g/mol. The second-order valence-electron chi connectivity index (χ2n) is 5.00. The molecule has 3 rings (SSSR count). The van der Waals surface area contributed by atoms with E-state index in [0.29, 0.717) is 17.6 Å². The quantitative estimate of drug-likeness (QED) is 0.878. The van der Waals surface area contributed by atoms with Gasteiger partial charge in [0.2, 0.25) is 11.8 Å². The fourth-order valence-corrected chi connectivity index (χ4v) is 2.71. The van der Waals surface area contributed by atoms with Crippen LogP contribution in [0.25, 0.3) is 10.8 Å². The van der Waals surface area contributed by atoms with Crippen LogP contribution in [0.4, 0.5) is 0 Å². The minimum atomic E-state index is 0.00558. The molecule has 0 radical (unpaired) electrons. The summed E-state index contributed by atoms with van der Waals surface area (Å²) in [5, 5.41) is 8.11. The highest BCUT2D eigenvalue weighted by Crippen LogP contribution is 2.25. The summed E-state index contributed by atoms with van der Waals surface area (Å²) in [6.07, 6.45) is 0.279. The highest BCUT2D eigenvalue weighted by Gasteiger charge is 2.19. The highest BCUT2D eigenvalue weighted by molar-refractivity contribution is 7.13. The van der Waals surface area contributed by atoms with Gasteiger partial charge in [0.25, 0.3) is 0 Å². The van der Waals surface area contributed by atoms with Gasteiger partial charge in [-0.2, -0.15) is 0 Å². The molecule has 6 heteroatoms. The maximum atomic E-state index is 11.9. The molecule has 2 aromatic heterocycles. The molecule has 5 nitrogen and oxygen atoms in total. The van der Waals surface area contributed by atoms with Gasteiger partial charge in [0.05, 0.1) is 17.0 Å². The summed E-state index contributed by atoms with van der Waals surface area (Å²) < 4.78 is 5.63. The molecule has 0 unspecified atom stereocenters. The molecular formula is C14H17N3O2S. The van der Waals surface area contributed by atoms with E-state index in [4.69, 9.17) is 4.42 Å². The van der Waals surface area contributed by atoms with E-state index >= 15 is 0 Å². The van der Waals surface area contributed by atoms with Crippen LogP contribution < -0.4 is 10.6 Å². The predicted molar refractivity (Wildman–Crippen MR) is 77.6 cm³/mol. The third kappa shape index (κ3) is 2.91. The van der Waals surface area contributed by atoms with Crippen LogP contribution in [0.15, 0.2) is 21.9 Å². The second kappa shape index (κ2) is 5.76. The summed E-state index contributed by atoms with van der Waals surface area (Å²) in [7, 11) is 0. The van der Waals surface area contributed by atoms with Crippen molar-refractivity contribution in [3.05, 3.63) is 29.0 Å². The Morgan fingerprint density at radius 1 is 1.60 bits per heavy atom. The fourth-order valence-electron chi connectivity index (χ4n) is 2.06. The maximum absolute atomic E-state index is 11.9. The number of nitrogens with one attached hydrogen (secondary N) is 2. The number of oxazole rings is 1. The first-order valence-corrected chi connectivity index (χ1v) is 7.58. The van der Waals surface area contributed by atoms with Crippen molar-refractivity contribution in [3.8, 4) is 10.8 Å². The summed E-state index contributed by atoms with van der Waals surface area (Å²) in [6.45, 7) is 4.57. The number of nitrogens with zero attached hydrogens (tertiary/aromatic N) is 1. The number of carbonyl (C=O) groups excluding carboxylic acids is 1. The Kier molecular flexibility index (Phi) is 3.84. The second-order valence-corrected chi connectivity index (χ2v) is 5.95. The van der Waals surface area contributed by atoms with Gasteiger partial charge >= 0.3 is 0 Å². The lowest BCUT2D eigenvalue weighted by Crippen LogP contribution is -2.48. The van der Waals surface area contributed by atoms with E-state index < -0.39 is 0 Å². The summed E-state index contributed by atoms with van der Waals surface area (Å²) in [5.41, 5.74) is 0.720. The van der Waals surface area contributed by atoms with Crippen LogP contribution in [0.5, 0.6) is 0 Å². The van der Waals surface area contributed by atoms with Crippen LogP contribution in [-0.4, -0.2) is 30.5 Å². The summed E-state index contributed by atoms with van der Waals surface area (Å²) in [6, 6.07) is 3.92. The van der Waals surface area contributed by atoms with Gasteiger partial charge in [-0.15, -0.1) is 11.3 Å². The maximum Gasteiger partial charge on any atom is 0.236 e. The minimum absolute atomic E-state index is 0.00558. The first-order chi connectivity index (χ1) is 9.72. The number of carbonyl (C=O) groups is 1. The molecule has 2 N–H and O–H groups in total. The standard InChI is InChI=1S/C14H17N3O2S/c1-9-11(5-13(18)16-8-10-6-15-7-10)17-14(19-9)12-3-2-4-20-12/h2-4,10,15H,5-8H2,1H3,(H,16,18). The Balaban J connectivity index is 1.60. The topological polar surface area (TPSA) is 67.2 Å². The van der Waals surface area contributed by atoms with Gasteiger partial charge in [-0.3, -0.25) is 4.79 Å². The molecule has 0 aliphatic carbocycles. The van der Waals surface area contributed by atoms with E-state index in [1.807, 2.05) is 24.4 Å². The van der Waals surface area contributed by atoms with Crippen molar-refractivity contribution in [2.45, 2.75) is 13.3 Å². The number of aromatic nitrogens is 1. The molecule has 106 valence electrons. The van der Waals surface area contributed by atoms with Crippen LogP contribution >= 0.6 is 11.3 Å². The smallest absolute Gasteiger partial charge is 0.236 e. The minimum Gasteiger partial charge on any atom is -0.440 e. The van der Waals surface area contributed by atoms with Gasteiger partial charge in [-0.05, 0) is 18.4 Å². The highest BCUT2D eigenvalue weighted by atomic mass is 32.1. The predicted octanol–water partition coefficient (Wildman–Crippen LogP) is 1.59. The Morgan fingerprint density at radius 2 is 2.45 bits per heavy atom. The van der Waals surface area contributed by atoms with Gasteiger partial charge < -0.3 is 15.1 Å². The van der Waals surface area contributed by atoms with E-state index in [0.717, 1.165) is 30.2 Å². The fraction of sp³-hybridized carbons (Fsp3) is 0.429. The van der Waals surface area contributed by atoms with Crippen molar-refractivity contribution in [3.63, 3.8) is 0 Å². The Hall–Kier alpha value is -1.66. The van der Waals surface area contributed by atoms with Crippen molar-refractivity contribution < 1.29 is 9.21 Å². The number of hydrogen-bond donors (Lipinski definition) is 2. The zero-order valence-electron chi connectivity index (χ0n) is 11.3. The first kappa shape index (κ1) is 13.3. The zero-order valence-corrected chi connectivity index (χ0v) is 12.1. The molecular weight excluding hydrogens is 274 g/mol.